The summed E-state index contributed by atoms with van der Waals surface area (Å²) in [7, 11) is 0. The molecule has 0 fully saturated rings. The molecule has 0 saturated carbocycles. The van der Waals surface area contributed by atoms with Gasteiger partial charge in [0.15, 0.2) is 11.5 Å². The van der Waals surface area contributed by atoms with Crippen molar-refractivity contribution in [2.24, 2.45) is 5.92 Å². The van der Waals surface area contributed by atoms with Gasteiger partial charge in [0.1, 0.15) is 6.61 Å². The maximum Gasteiger partial charge on any atom is 0.338 e. The molecular weight excluding hydrogens is 444 g/mol. The molecule has 1 unspecified atom stereocenters. The first-order chi connectivity index (χ1) is 15.8. The summed E-state index contributed by atoms with van der Waals surface area (Å²) in [5.41, 5.74) is 2.33. The van der Waals surface area contributed by atoms with E-state index in [0.29, 0.717) is 40.0 Å². The Labute approximate surface area is 199 Å². The van der Waals surface area contributed by atoms with E-state index in [9.17, 15) is 9.59 Å². The fraction of sp³-hybridized carbons (Fsp3) is 0.360. The molecule has 8 heteroatoms. The van der Waals surface area contributed by atoms with Gasteiger partial charge in [0, 0.05) is 16.3 Å². The maximum absolute atomic E-state index is 12.8. The topological polar surface area (TPSA) is 85.9 Å². The van der Waals surface area contributed by atoms with Crippen molar-refractivity contribution in [1.82, 2.24) is 10.6 Å². The van der Waals surface area contributed by atoms with E-state index in [4.69, 9.17) is 25.8 Å². The number of halogens is 1. The van der Waals surface area contributed by atoms with E-state index < -0.39 is 18.0 Å². The molecule has 176 valence electrons. The van der Waals surface area contributed by atoms with Gasteiger partial charge in [0.25, 0.3) is 0 Å². The molecule has 2 aromatic rings. The minimum absolute atomic E-state index is 0.193. The number of hydrogen-bond acceptors (Lipinski definition) is 5. The van der Waals surface area contributed by atoms with Crippen LogP contribution in [0.1, 0.15) is 44.9 Å². The molecule has 1 heterocycles. The fourth-order valence-electron chi connectivity index (χ4n) is 3.40. The number of nitrogens with one attached hydrogen (secondary N) is 2. The van der Waals surface area contributed by atoms with Gasteiger partial charge in [-0.15, -0.1) is 0 Å². The van der Waals surface area contributed by atoms with Crippen LogP contribution in [0.4, 0.5) is 4.79 Å². The zero-order valence-electron chi connectivity index (χ0n) is 19.2. The third-order valence-corrected chi connectivity index (χ3v) is 5.35. The van der Waals surface area contributed by atoms with Crippen LogP contribution in [-0.4, -0.2) is 25.2 Å². The highest BCUT2D eigenvalue weighted by Gasteiger charge is 2.33. The van der Waals surface area contributed by atoms with E-state index in [1.807, 2.05) is 39.0 Å². The third-order valence-electron chi connectivity index (χ3n) is 4.98. The average molecular weight is 473 g/mol. The van der Waals surface area contributed by atoms with Gasteiger partial charge in [-0.1, -0.05) is 49.7 Å². The molecule has 2 amide bonds. The summed E-state index contributed by atoms with van der Waals surface area (Å²) in [4.78, 5) is 25.0. The zero-order valence-corrected chi connectivity index (χ0v) is 20.0. The molecule has 0 bridgehead atoms. The smallest absolute Gasteiger partial charge is 0.338 e. The van der Waals surface area contributed by atoms with Crippen LogP contribution in [0.2, 0.25) is 5.02 Å². The predicted octanol–water partition coefficient (Wildman–Crippen LogP) is 5.14. The molecule has 0 spiro atoms. The Morgan fingerprint density at radius 2 is 1.88 bits per heavy atom. The Morgan fingerprint density at radius 3 is 2.58 bits per heavy atom. The normalized spacial score (nSPS) is 15.7. The van der Waals surface area contributed by atoms with Crippen LogP contribution in [-0.2, 0) is 16.1 Å². The van der Waals surface area contributed by atoms with Crippen molar-refractivity contribution in [2.45, 2.75) is 40.3 Å². The highest BCUT2D eigenvalue weighted by molar-refractivity contribution is 6.31. The van der Waals surface area contributed by atoms with Crippen molar-refractivity contribution < 1.29 is 23.8 Å². The maximum atomic E-state index is 12.8. The highest BCUT2D eigenvalue weighted by atomic mass is 35.5. The molecule has 1 aliphatic heterocycles. The van der Waals surface area contributed by atoms with Crippen LogP contribution in [0.15, 0.2) is 53.7 Å². The lowest BCUT2D eigenvalue weighted by atomic mass is 9.95. The molecule has 0 saturated heterocycles. The average Bonchev–Trinajstić information content (AvgIpc) is 2.77. The number of rotatable bonds is 9. The van der Waals surface area contributed by atoms with Crippen LogP contribution < -0.4 is 20.1 Å². The zero-order chi connectivity index (χ0) is 24.0. The Balaban J connectivity index is 1.89. The predicted molar refractivity (Wildman–Crippen MR) is 126 cm³/mol. The number of carbonyl (C=O) groups is 2. The largest absolute Gasteiger partial charge is 0.490 e. The van der Waals surface area contributed by atoms with Gasteiger partial charge < -0.3 is 24.8 Å². The quantitative estimate of drug-likeness (QED) is 0.493. The molecule has 1 atom stereocenters. The van der Waals surface area contributed by atoms with E-state index >= 15 is 0 Å². The Morgan fingerprint density at radius 1 is 1.12 bits per heavy atom. The Bertz CT molecular complexity index is 1050. The lowest BCUT2D eigenvalue weighted by Crippen LogP contribution is -2.45. The Hall–Kier alpha value is -3.19. The summed E-state index contributed by atoms with van der Waals surface area (Å²) in [6.45, 7) is 8.45. The standard InChI is InChI=1S/C25H29ClN2O5/c1-5-31-21-12-17(10-11-20(21)32-14-18-8-6-7-9-19(18)26)23-22(16(4)27-25(30)28-23)24(29)33-13-15(2)3/h6-12,15,23H,5,13-14H2,1-4H3,(H2,27,28,30). The fourth-order valence-corrected chi connectivity index (χ4v) is 3.59. The number of allylic oxidation sites excluding steroid dienone is 1. The molecule has 0 aromatic heterocycles. The van der Waals surface area contributed by atoms with Crippen LogP contribution in [0.3, 0.4) is 0 Å². The van der Waals surface area contributed by atoms with Crippen LogP contribution in [0.25, 0.3) is 0 Å². The number of urea groups is 1. The minimum atomic E-state index is -0.685. The number of hydrogen-bond donors (Lipinski definition) is 2. The van der Waals surface area contributed by atoms with Crippen LogP contribution >= 0.6 is 11.6 Å². The second-order valence-corrected chi connectivity index (χ2v) is 8.49. The van der Waals surface area contributed by atoms with Gasteiger partial charge in [-0.05, 0) is 43.5 Å². The summed E-state index contributed by atoms with van der Waals surface area (Å²) >= 11 is 6.23. The molecule has 2 aromatic carbocycles. The van der Waals surface area contributed by atoms with E-state index in [1.165, 1.54) is 0 Å². The van der Waals surface area contributed by atoms with Gasteiger partial charge in [-0.25, -0.2) is 9.59 Å². The molecule has 0 radical (unpaired) electrons. The molecule has 3 rings (SSSR count). The molecule has 0 aliphatic carbocycles. The van der Waals surface area contributed by atoms with Crippen molar-refractivity contribution in [1.29, 1.82) is 0 Å². The summed E-state index contributed by atoms with van der Waals surface area (Å²) in [6, 6.07) is 11.7. The van der Waals surface area contributed by atoms with Gasteiger partial charge in [-0.3, -0.25) is 0 Å². The van der Waals surface area contributed by atoms with Crippen molar-refractivity contribution in [3.8, 4) is 11.5 Å². The number of ether oxygens (including phenoxy) is 3. The van der Waals surface area contributed by atoms with Crippen LogP contribution in [0.5, 0.6) is 11.5 Å². The summed E-state index contributed by atoms with van der Waals surface area (Å²) in [5.74, 6) is 0.752. The van der Waals surface area contributed by atoms with Gasteiger partial charge >= 0.3 is 12.0 Å². The molecule has 2 N–H and O–H groups in total. The summed E-state index contributed by atoms with van der Waals surface area (Å²) in [5, 5.41) is 6.09. The molecule has 7 nitrogen and oxygen atoms in total. The monoisotopic (exact) mass is 472 g/mol. The van der Waals surface area contributed by atoms with Crippen molar-refractivity contribution in [3.63, 3.8) is 0 Å². The number of amides is 2. The number of carbonyl (C=O) groups excluding carboxylic acids is 2. The molecular formula is C25H29ClN2O5. The number of esters is 1. The van der Waals surface area contributed by atoms with Gasteiger partial charge in [0.2, 0.25) is 0 Å². The summed E-state index contributed by atoms with van der Waals surface area (Å²) < 4.78 is 17.2. The first-order valence-electron chi connectivity index (χ1n) is 10.9. The lowest BCUT2D eigenvalue weighted by molar-refractivity contribution is -0.140. The second-order valence-electron chi connectivity index (χ2n) is 8.08. The minimum Gasteiger partial charge on any atom is -0.490 e. The highest BCUT2D eigenvalue weighted by Crippen LogP contribution is 2.35. The first-order valence-corrected chi connectivity index (χ1v) is 11.3. The van der Waals surface area contributed by atoms with Crippen molar-refractivity contribution in [2.75, 3.05) is 13.2 Å². The second kappa shape index (κ2) is 11.1. The van der Waals surface area contributed by atoms with Crippen molar-refractivity contribution in [3.05, 3.63) is 69.9 Å². The van der Waals surface area contributed by atoms with Crippen molar-refractivity contribution >= 4 is 23.6 Å². The third kappa shape index (κ3) is 6.20. The molecule has 33 heavy (non-hydrogen) atoms. The SMILES string of the molecule is CCOc1cc(C2NC(=O)NC(C)=C2C(=O)OCC(C)C)ccc1OCc1ccccc1Cl. The van der Waals surface area contributed by atoms with E-state index in [1.54, 1.807) is 31.2 Å². The Kier molecular flexibility index (Phi) is 8.22. The lowest BCUT2D eigenvalue weighted by Gasteiger charge is -2.28. The van der Waals surface area contributed by atoms with Crippen LogP contribution in [0, 0.1) is 5.92 Å². The molecule has 1 aliphatic rings. The van der Waals surface area contributed by atoms with E-state index in [0.717, 1.165) is 5.56 Å². The van der Waals surface area contributed by atoms with Gasteiger partial charge in [-0.2, -0.15) is 0 Å². The van der Waals surface area contributed by atoms with E-state index in [2.05, 4.69) is 10.6 Å². The van der Waals surface area contributed by atoms with E-state index in [-0.39, 0.29) is 19.1 Å². The van der Waals surface area contributed by atoms with Gasteiger partial charge in [0.05, 0.1) is 24.8 Å². The summed E-state index contributed by atoms with van der Waals surface area (Å²) in [6.07, 6.45) is 0. The number of benzene rings is 2. The first kappa shape index (κ1) is 24.5.